The van der Waals surface area contributed by atoms with E-state index in [9.17, 15) is 4.79 Å². The van der Waals surface area contributed by atoms with Gasteiger partial charge in [-0.2, -0.15) is 0 Å². The van der Waals surface area contributed by atoms with Gasteiger partial charge in [0.1, 0.15) is 17.3 Å². The highest BCUT2D eigenvalue weighted by atomic mass is 16.5. The highest BCUT2D eigenvalue weighted by Crippen LogP contribution is 2.39. The van der Waals surface area contributed by atoms with Crippen LogP contribution in [0.25, 0.3) is 11.5 Å². The number of esters is 1. The van der Waals surface area contributed by atoms with Gasteiger partial charge in [-0.3, -0.25) is 9.78 Å². The summed E-state index contributed by atoms with van der Waals surface area (Å²) in [5, 5.41) is 3.53. The molecular formula is C29H35N5O2. The SMILES string of the molecule is CC(C)(C)C(=O)OCC1CC1CNc1cc(N2CCc3ccccc3CC2)nc(-c2ccccn2)n1. The summed E-state index contributed by atoms with van der Waals surface area (Å²) in [5.74, 6) is 3.10. The van der Waals surface area contributed by atoms with Crippen molar-refractivity contribution in [3.8, 4) is 11.5 Å². The van der Waals surface area contributed by atoms with Gasteiger partial charge in [-0.05, 0) is 75.1 Å². The lowest BCUT2D eigenvalue weighted by atomic mass is 9.97. The summed E-state index contributed by atoms with van der Waals surface area (Å²) in [6, 6.07) is 16.6. The topological polar surface area (TPSA) is 80.2 Å². The normalized spacial score (nSPS) is 19.2. The Labute approximate surface area is 213 Å². The third-order valence-corrected chi connectivity index (χ3v) is 7.01. The number of carbonyl (C=O) groups is 1. The maximum Gasteiger partial charge on any atom is 0.311 e. The quantitative estimate of drug-likeness (QED) is 0.482. The van der Waals surface area contributed by atoms with Gasteiger partial charge in [0, 0.05) is 31.9 Å². The number of aromatic nitrogens is 3. The van der Waals surface area contributed by atoms with Crippen molar-refractivity contribution in [2.75, 3.05) is 36.5 Å². The second-order valence-corrected chi connectivity index (χ2v) is 10.9. The first-order valence-corrected chi connectivity index (χ1v) is 12.9. The first-order valence-electron chi connectivity index (χ1n) is 12.9. The molecule has 1 aliphatic carbocycles. The van der Waals surface area contributed by atoms with Crippen molar-refractivity contribution >= 4 is 17.6 Å². The second-order valence-electron chi connectivity index (χ2n) is 10.9. The minimum Gasteiger partial charge on any atom is -0.465 e. The van der Waals surface area contributed by atoms with Crippen molar-refractivity contribution < 1.29 is 9.53 Å². The Kier molecular flexibility index (Phi) is 6.90. The molecule has 7 nitrogen and oxygen atoms in total. The van der Waals surface area contributed by atoms with E-state index in [4.69, 9.17) is 14.7 Å². The van der Waals surface area contributed by atoms with Crippen LogP contribution in [0.1, 0.15) is 38.3 Å². The Balaban J connectivity index is 1.28. The Morgan fingerprint density at radius 2 is 1.75 bits per heavy atom. The summed E-state index contributed by atoms with van der Waals surface area (Å²) < 4.78 is 5.52. The molecule has 1 aliphatic heterocycles. The molecule has 0 radical (unpaired) electrons. The lowest BCUT2D eigenvalue weighted by Gasteiger charge is -2.22. The summed E-state index contributed by atoms with van der Waals surface area (Å²) in [6.07, 6.45) is 4.83. The zero-order valence-electron chi connectivity index (χ0n) is 21.4. The van der Waals surface area contributed by atoms with Crippen molar-refractivity contribution in [2.24, 2.45) is 17.3 Å². The zero-order chi connectivity index (χ0) is 25.1. The smallest absolute Gasteiger partial charge is 0.311 e. The minimum absolute atomic E-state index is 0.138. The summed E-state index contributed by atoms with van der Waals surface area (Å²) in [4.78, 5) is 28.6. The molecule has 2 atom stereocenters. The summed E-state index contributed by atoms with van der Waals surface area (Å²) >= 11 is 0. The molecule has 1 N–H and O–H groups in total. The van der Waals surface area contributed by atoms with Crippen LogP contribution < -0.4 is 10.2 Å². The Morgan fingerprint density at radius 1 is 1.03 bits per heavy atom. The molecule has 1 saturated carbocycles. The highest BCUT2D eigenvalue weighted by Gasteiger charge is 2.38. The summed E-state index contributed by atoms with van der Waals surface area (Å²) in [5.41, 5.74) is 3.14. The van der Waals surface area contributed by atoms with Gasteiger partial charge in [-0.15, -0.1) is 0 Å². The highest BCUT2D eigenvalue weighted by molar-refractivity contribution is 5.75. The van der Waals surface area contributed by atoms with Crippen LogP contribution >= 0.6 is 0 Å². The van der Waals surface area contributed by atoms with E-state index >= 15 is 0 Å². The molecule has 2 unspecified atom stereocenters. The molecular weight excluding hydrogens is 450 g/mol. The van der Waals surface area contributed by atoms with E-state index in [-0.39, 0.29) is 5.97 Å². The summed E-state index contributed by atoms with van der Waals surface area (Å²) in [6.45, 7) is 8.77. The molecule has 0 bridgehead atoms. The number of rotatable bonds is 7. The minimum atomic E-state index is -0.462. The molecule has 0 spiro atoms. The fourth-order valence-electron chi connectivity index (χ4n) is 4.59. The predicted octanol–water partition coefficient (Wildman–Crippen LogP) is 4.78. The van der Waals surface area contributed by atoms with Crippen LogP contribution in [0, 0.1) is 17.3 Å². The number of pyridine rings is 1. The Bertz CT molecular complexity index is 1180. The average Bonchev–Trinajstić information content (AvgIpc) is 3.67. The number of hydrogen-bond donors (Lipinski definition) is 1. The lowest BCUT2D eigenvalue weighted by molar-refractivity contribution is -0.153. The van der Waals surface area contributed by atoms with Crippen LogP contribution in [-0.4, -0.2) is 47.2 Å². The van der Waals surface area contributed by atoms with E-state index in [1.807, 2.05) is 39.0 Å². The number of anilines is 2. The number of hydrogen-bond acceptors (Lipinski definition) is 7. The largest absolute Gasteiger partial charge is 0.465 e. The van der Waals surface area contributed by atoms with Crippen LogP contribution in [0.5, 0.6) is 0 Å². The van der Waals surface area contributed by atoms with Gasteiger partial charge in [-0.1, -0.05) is 30.3 Å². The third-order valence-electron chi connectivity index (χ3n) is 7.01. The lowest BCUT2D eigenvalue weighted by Crippen LogP contribution is -2.27. The van der Waals surface area contributed by atoms with Gasteiger partial charge >= 0.3 is 5.97 Å². The molecule has 0 saturated heterocycles. The molecule has 3 heterocycles. The molecule has 36 heavy (non-hydrogen) atoms. The molecule has 2 aliphatic rings. The van der Waals surface area contributed by atoms with Gasteiger partial charge in [0.05, 0.1) is 12.0 Å². The standard InChI is InChI=1S/C29H35N5O2/c1-29(2,3)28(35)36-19-23-16-22(23)18-31-25-17-26(33-27(32-25)24-10-6-7-13-30-24)34-14-11-20-8-4-5-9-21(20)12-15-34/h4-10,13,17,22-23H,11-12,14-16,18-19H2,1-3H3,(H,31,32,33). The van der Waals surface area contributed by atoms with Crippen LogP contribution in [-0.2, 0) is 22.4 Å². The van der Waals surface area contributed by atoms with Crippen molar-refractivity contribution in [1.82, 2.24) is 15.0 Å². The first kappa shape index (κ1) is 24.2. The van der Waals surface area contributed by atoms with Gasteiger partial charge in [0.2, 0.25) is 0 Å². The van der Waals surface area contributed by atoms with Crippen LogP contribution in [0.2, 0.25) is 0 Å². The number of fused-ring (bicyclic) bond motifs is 1. The van der Waals surface area contributed by atoms with E-state index in [2.05, 4.69) is 45.5 Å². The molecule has 1 aromatic carbocycles. The number of nitrogens with zero attached hydrogens (tertiary/aromatic N) is 4. The average molecular weight is 486 g/mol. The van der Waals surface area contributed by atoms with E-state index in [0.29, 0.717) is 24.3 Å². The van der Waals surface area contributed by atoms with Gasteiger partial charge in [0.25, 0.3) is 0 Å². The van der Waals surface area contributed by atoms with Crippen molar-refractivity contribution in [3.63, 3.8) is 0 Å². The third kappa shape index (κ3) is 5.83. The first-order chi connectivity index (χ1) is 17.4. The maximum atomic E-state index is 12.1. The fraction of sp³-hybridized carbons (Fsp3) is 0.448. The van der Waals surface area contributed by atoms with Crippen molar-refractivity contribution in [1.29, 1.82) is 0 Å². The van der Waals surface area contributed by atoms with E-state index in [0.717, 1.165) is 56.2 Å². The van der Waals surface area contributed by atoms with E-state index in [1.54, 1.807) is 6.20 Å². The number of benzene rings is 1. The molecule has 0 amide bonds. The van der Waals surface area contributed by atoms with E-state index in [1.165, 1.54) is 11.1 Å². The van der Waals surface area contributed by atoms with Crippen molar-refractivity contribution in [3.05, 3.63) is 65.9 Å². The number of nitrogens with one attached hydrogen (secondary N) is 1. The Hall–Kier alpha value is -3.48. The second kappa shape index (κ2) is 10.2. The van der Waals surface area contributed by atoms with Crippen molar-refractivity contribution in [2.45, 2.75) is 40.0 Å². The predicted molar refractivity (Wildman–Crippen MR) is 142 cm³/mol. The molecule has 7 heteroatoms. The van der Waals surface area contributed by atoms with Gasteiger partial charge in [0.15, 0.2) is 5.82 Å². The Morgan fingerprint density at radius 3 is 2.42 bits per heavy atom. The van der Waals surface area contributed by atoms with Gasteiger partial charge < -0.3 is 15.0 Å². The molecule has 5 rings (SSSR count). The number of carbonyl (C=O) groups excluding carboxylic acids is 1. The molecule has 2 aromatic heterocycles. The number of ether oxygens (including phenoxy) is 1. The zero-order valence-corrected chi connectivity index (χ0v) is 21.4. The molecule has 1 fully saturated rings. The fourth-order valence-corrected chi connectivity index (χ4v) is 4.59. The maximum absolute atomic E-state index is 12.1. The summed E-state index contributed by atoms with van der Waals surface area (Å²) in [7, 11) is 0. The molecule has 188 valence electrons. The molecule has 3 aromatic rings. The van der Waals surface area contributed by atoms with Crippen LogP contribution in [0.3, 0.4) is 0 Å². The van der Waals surface area contributed by atoms with Crippen LogP contribution in [0.15, 0.2) is 54.7 Å². The van der Waals surface area contributed by atoms with E-state index < -0.39 is 5.41 Å². The van der Waals surface area contributed by atoms with Gasteiger partial charge in [-0.25, -0.2) is 9.97 Å². The monoisotopic (exact) mass is 485 g/mol. The van der Waals surface area contributed by atoms with Crippen LogP contribution in [0.4, 0.5) is 11.6 Å².